The van der Waals surface area contributed by atoms with Gasteiger partial charge in [0.25, 0.3) is 11.8 Å². The quantitative estimate of drug-likeness (QED) is 0.475. The van der Waals surface area contributed by atoms with Gasteiger partial charge < -0.3 is 20.1 Å². The molecule has 0 bridgehead atoms. The molecule has 0 unspecified atom stereocenters. The summed E-state index contributed by atoms with van der Waals surface area (Å²) in [6.07, 6.45) is 2.22. The lowest BCUT2D eigenvalue weighted by atomic mass is 10.1. The second kappa shape index (κ2) is 11.0. The van der Waals surface area contributed by atoms with Gasteiger partial charge in [-0.15, -0.1) is 11.3 Å². The summed E-state index contributed by atoms with van der Waals surface area (Å²) in [5.41, 5.74) is 0.617. The van der Waals surface area contributed by atoms with E-state index in [1.54, 1.807) is 19.9 Å². The standard InChI is InChI=1S/C21H21FN2O6S/c1-4-29-21(28)17-12(2)18(19(27)23-3)31-20(17)24-15(25)11-30-16(26)10-9-13-7-5-6-8-14(13)22/h5-10H,4,11H2,1-3H3,(H,23,27)(H,24,25)/b10-9+. The van der Waals surface area contributed by atoms with Crippen molar-refractivity contribution in [3.05, 3.63) is 57.7 Å². The first kappa shape index (κ1) is 23.7. The van der Waals surface area contributed by atoms with Crippen molar-refractivity contribution in [1.29, 1.82) is 0 Å². The molecule has 2 N–H and O–H groups in total. The van der Waals surface area contributed by atoms with Crippen molar-refractivity contribution >= 4 is 46.2 Å². The molecule has 0 fully saturated rings. The van der Waals surface area contributed by atoms with Crippen LogP contribution in [-0.4, -0.2) is 44.0 Å². The molecule has 10 heteroatoms. The minimum atomic E-state index is -0.850. The molecule has 0 aliphatic heterocycles. The lowest BCUT2D eigenvalue weighted by Crippen LogP contribution is -2.21. The van der Waals surface area contributed by atoms with Crippen molar-refractivity contribution in [2.45, 2.75) is 13.8 Å². The van der Waals surface area contributed by atoms with E-state index in [1.807, 2.05) is 0 Å². The second-order valence-electron chi connectivity index (χ2n) is 6.07. The summed E-state index contributed by atoms with van der Waals surface area (Å²) in [5, 5.41) is 5.04. The van der Waals surface area contributed by atoms with Gasteiger partial charge in [-0.05, 0) is 31.6 Å². The summed E-state index contributed by atoms with van der Waals surface area (Å²) in [7, 11) is 1.44. The van der Waals surface area contributed by atoms with Crippen LogP contribution in [0.1, 0.15) is 38.1 Å². The highest BCUT2D eigenvalue weighted by atomic mass is 32.1. The Kier molecular flexibility index (Phi) is 8.44. The van der Waals surface area contributed by atoms with Crippen LogP contribution >= 0.6 is 11.3 Å². The molecule has 0 radical (unpaired) electrons. The first-order valence-electron chi connectivity index (χ1n) is 9.20. The number of hydrogen-bond donors (Lipinski definition) is 2. The highest BCUT2D eigenvalue weighted by Crippen LogP contribution is 2.33. The molecule has 1 heterocycles. The lowest BCUT2D eigenvalue weighted by molar-refractivity contribution is -0.142. The van der Waals surface area contributed by atoms with Crippen LogP contribution in [0.15, 0.2) is 30.3 Å². The predicted octanol–water partition coefficient (Wildman–Crippen LogP) is 2.93. The van der Waals surface area contributed by atoms with Crippen LogP contribution < -0.4 is 10.6 Å². The number of carbonyl (C=O) groups excluding carboxylic acids is 4. The topological polar surface area (TPSA) is 111 Å². The average Bonchev–Trinajstić information content (AvgIpc) is 3.07. The summed E-state index contributed by atoms with van der Waals surface area (Å²) in [6, 6.07) is 5.85. The van der Waals surface area contributed by atoms with E-state index in [-0.39, 0.29) is 27.6 Å². The number of nitrogens with one attached hydrogen (secondary N) is 2. The number of rotatable bonds is 8. The SMILES string of the molecule is CCOC(=O)c1c(NC(=O)COC(=O)/C=C/c2ccccc2F)sc(C(=O)NC)c1C. The Bertz CT molecular complexity index is 1030. The Labute approximate surface area is 182 Å². The number of amides is 2. The lowest BCUT2D eigenvalue weighted by Gasteiger charge is -2.07. The number of hydrogen-bond acceptors (Lipinski definition) is 7. The maximum Gasteiger partial charge on any atom is 0.341 e. The fourth-order valence-corrected chi connectivity index (χ4v) is 3.65. The molecule has 8 nitrogen and oxygen atoms in total. The predicted molar refractivity (Wildman–Crippen MR) is 113 cm³/mol. The van der Waals surface area contributed by atoms with Gasteiger partial charge in [0, 0.05) is 18.7 Å². The zero-order chi connectivity index (χ0) is 23.0. The van der Waals surface area contributed by atoms with Crippen molar-refractivity contribution < 1.29 is 33.0 Å². The van der Waals surface area contributed by atoms with E-state index < -0.39 is 36.2 Å². The van der Waals surface area contributed by atoms with Crippen molar-refractivity contribution in [1.82, 2.24) is 5.32 Å². The van der Waals surface area contributed by atoms with Crippen LogP contribution in [-0.2, 0) is 19.1 Å². The van der Waals surface area contributed by atoms with E-state index in [2.05, 4.69) is 10.6 Å². The van der Waals surface area contributed by atoms with Crippen LogP contribution in [0.5, 0.6) is 0 Å². The highest BCUT2D eigenvalue weighted by molar-refractivity contribution is 7.18. The molecule has 2 amide bonds. The number of thiophene rings is 1. The Morgan fingerprint density at radius 1 is 1.16 bits per heavy atom. The van der Waals surface area contributed by atoms with Gasteiger partial charge in [-0.25, -0.2) is 14.0 Å². The number of anilines is 1. The molecule has 1 aromatic heterocycles. The maximum atomic E-state index is 13.5. The van der Waals surface area contributed by atoms with E-state index >= 15 is 0 Å². The molecule has 1 aromatic carbocycles. The van der Waals surface area contributed by atoms with E-state index in [4.69, 9.17) is 9.47 Å². The van der Waals surface area contributed by atoms with Crippen LogP contribution in [0.2, 0.25) is 0 Å². The number of carbonyl (C=O) groups is 4. The van der Waals surface area contributed by atoms with Crippen molar-refractivity contribution in [3.8, 4) is 0 Å². The van der Waals surface area contributed by atoms with Crippen LogP contribution in [0.25, 0.3) is 6.08 Å². The zero-order valence-corrected chi connectivity index (χ0v) is 17.9. The molecule has 0 aliphatic carbocycles. The summed E-state index contributed by atoms with van der Waals surface area (Å²) in [4.78, 5) is 48.6. The Morgan fingerprint density at radius 3 is 2.52 bits per heavy atom. The number of esters is 2. The molecule has 0 aliphatic rings. The average molecular weight is 448 g/mol. The molecule has 0 spiro atoms. The minimum Gasteiger partial charge on any atom is -0.462 e. The van der Waals surface area contributed by atoms with Crippen molar-refractivity contribution in [2.75, 3.05) is 25.6 Å². The number of ether oxygens (including phenoxy) is 2. The third kappa shape index (κ3) is 6.22. The number of halogens is 1. The summed E-state index contributed by atoms with van der Waals surface area (Å²) >= 11 is 0.904. The van der Waals surface area contributed by atoms with Gasteiger partial charge in [0.15, 0.2) is 6.61 Å². The summed E-state index contributed by atoms with van der Waals surface area (Å²) in [5.74, 6) is -3.18. The summed E-state index contributed by atoms with van der Waals surface area (Å²) in [6.45, 7) is 2.67. The van der Waals surface area contributed by atoms with E-state index in [0.29, 0.717) is 5.56 Å². The molecular weight excluding hydrogens is 427 g/mol. The minimum absolute atomic E-state index is 0.0598. The first-order chi connectivity index (χ1) is 14.8. The second-order valence-corrected chi connectivity index (χ2v) is 7.09. The normalized spacial score (nSPS) is 10.6. The van der Waals surface area contributed by atoms with Crippen LogP contribution in [0.4, 0.5) is 9.39 Å². The summed E-state index contributed by atoms with van der Waals surface area (Å²) < 4.78 is 23.4. The van der Waals surface area contributed by atoms with Gasteiger partial charge in [-0.3, -0.25) is 9.59 Å². The highest BCUT2D eigenvalue weighted by Gasteiger charge is 2.26. The van der Waals surface area contributed by atoms with Gasteiger partial charge in [-0.2, -0.15) is 0 Å². The van der Waals surface area contributed by atoms with Crippen molar-refractivity contribution in [2.24, 2.45) is 0 Å². The molecule has 2 rings (SSSR count). The van der Waals surface area contributed by atoms with Gasteiger partial charge in [-0.1, -0.05) is 18.2 Å². The molecule has 2 aromatic rings. The van der Waals surface area contributed by atoms with E-state index in [1.165, 1.54) is 31.3 Å². The van der Waals surface area contributed by atoms with E-state index in [9.17, 15) is 23.6 Å². The van der Waals surface area contributed by atoms with Crippen molar-refractivity contribution in [3.63, 3.8) is 0 Å². The zero-order valence-electron chi connectivity index (χ0n) is 17.1. The fraction of sp³-hybridized carbons (Fsp3) is 0.238. The monoisotopic (exact) mass is 448 g/mol. The van der Waals surface area contributed by atoms with E-state index in [0.717, 1.165) is 17.4 Å². The molecular formula is C21H21FN2O6S. The Hall–Kier alpha value is -3.53. The molecule has 0 saturated carbocycles. The van der Waals surface area contributed by atoms with Gasteiger partial charge in [0.1, 0.15) is 10.8 Å². The Morgan fingerprint density at radius 2 is 1.87 bits per heavy atom. The van der Waals surface area contributed by atoms with Crippen LogP contribution in [0, 0.1) is 12.7 Å². The fourth-order valence-electron chi connectivity index (χ4n) is 2.50. The Balaban J connectivity index is 2.07. The van der Waals surface area contributed by atoms with Gasteiger partial charge >= 0.3 is 11.9 Å². The van der Waals surface area contributed by atoms with Gasteiger partial charge in [0.2, 0.25) is 0 Å². The molecule has 31 heavy (non-hydrogen) atoms. The largest absolute Gasteiger partial charge is 0.462 e. The molecule has 164 valence electrons. The third-order valence-corrected chi connectivity index (χ3v) is 5.17. The molecule has 0 saturated heterocycles. The maximum absolute atomic E-state index is 13.5. The smallest absolute Gasteiger partial charge is 0.341 e. The first-order valence-corrected chi connectivity index (χ1v) is 10.0. The number of benzene rings is 1. The third-order valence-electron chi connectivity index (χ3n) is 3.96. The van der Waals surface area contributed by atoms with Gasteiger partial charge in [0.05, 0.1) is 17.0 Å². The molecule has 0 atom stereocenters. The van der Waals surface area contributed by atoms with Crippen LogP contribution in [0.3, 0.4) is 0 Å².